The lowest BCUT2D eigenvalue weighted by Gasteiger charge is -2.45. The van der Waals surface area contributed by atoms with E-state index in [2.05, 4.69) is 106 Å². The van der Waals surface area contributed by atoms with E-state index in [-0.39, 0.29) is 72.2 Å². The van der Waals surface area contributed by atoms with E-state index < -0.39 is 11.9 Å². The number of imide groups is 1. The summed E-state index contributed by atoms with van der Waals surface area (Å²) in [5.74, 6) is 5.74. The standard InChI is InChI=1S/C65H63ClN16O6S/c1-38-22-45(66)24-49(48-18-20-67-54-25-47(89-59(48)54)35-82-63(85)50-26-51(50)64(82)86)52(38)36-81-39(2)29-78(30-40(81)3)31-44-28-69-79(33-44)21-7-19-68-61(83)53-17-16-46(73-74-53)34-80-32-43(27-70-80)15-12-41-10-13-42(14-11-41)23-58-72-60(76-75-58)62(84)71-55-37-88-57-9-6-5-8-56(57)77(4)65(55)87/h5-6,8-11,13-14,16-18,20,22,24-25,27-28,32-33,39-40,50-51,55H,7,19,21,23,26,29-31,34-37H2,1-4H3,(H,68,83)(H,71,84)(H,72,75,76)/t39-,40-,50?,51?,55+/m0/s1. The van der Waals surface area contributed by atoms with Gasteiger partial charge in [-0.3, -0.25) is 58.1 Å². The topological polar surface area (TPSA) is 247 Å². The van der Waals surface area contributed by atoms with E-state index >= 15 is 0 Å². The van der Waals surface area contributed by atoms with Gasteiger partial charge in [0.2, 0.25) is 17.6 Å². The molecular formula is C65H63ClN16O6S. The Bertz CT molecular complexity index is 4230. The monoisotopic (exact) mass is 1230 g/mol. The zero-order valence-electron chi connectivity index (χ0n) is 49.4. The van der Waals surface area contributed by atoms with Gasteiger partial charge in [-0.25, -0.2) is 4.98 Å². The first-order valence-corrected chi connectivity index (χ1v) is 30.8. The fourth-order valence-electron chi connectivity index (χ4n) is 12.1. The van der Waals surface area contributed by atoms with Crippen molar-refractivity contribution in [3.8, 4) is 28.7 Å². The Morgan fingerprint density at radius 2 is 1.60 bits per heavy atom. The molecule has 9 aromatic rings. The molecule has 1 saturated carbocycles. The van der Waals surface area contributed by atoms with Gasteiger partial charge in [0.05, 0.1) is 64.5 Å². The van der Waals surface area contributed by atoms with Gasteiger partial charge in [-0.15, -0.1) is 21.5 Å². The Morgan fingerprint density at radius 3 is 2.39 bits per heavy atom. The number of nitrogens with zero attached hydrogens (tertiary/aromatic N) is 13. The summed E-state index contributed by atoms with van der Waals surface area (Å²) in [6, 6.07) is 26.0. The average Bonchev–Trinajstić information content (AvgIpc) is 1.67. The number of anilines is 1. The summed E-state index contributed by atoms with van der Waals surface area (Å²) in [6.45, 7) is 11.7. The molecule has 5 atom stereocenters. The van der Waals surface area contributed by atoms with Crippen LogP contribution >= 0.6 is 22.9 Å². The van der Waals surface area contributed by atoms with Crippen molar-refractivity contribution in [1.82, 2.24) is 75.3 Å². The second-order valence-corrected chi connectivity index (χ2v) is 24.9. The third kappa shape index (κ3) is 12.8. The molecule has 6 aromatic heterocycles. The second kappa shape index (κ2) is 25.0. The minimum Gasteiger partial charge on any atom is -0.489 e. The van der Waals surface area contributed by atoms with Crippen molar-refractivity contribution in [3.63, 3.8) is 0 Å². The number of H-pyrrole nitrogens is 1. The number of benzene rings is 3. The number of carbonyl (C=O) groups is 5. The van der Waals surface area contributed by atoms with Gasteiger partial charge < -0.3 is 20.3 Å². The normalized spacial score (nSPS) is 19.2. The first kappa shape index (κ1) is 58.5. The number of piperidine rings is 1. The van der Waals surface area contributed by atoms with E-state index in [4.69, 9.17) is 16.3 Å². The number of aromatic nitrogens is 10. The Morgan fingerprint density at radius 1 is 0.809 bits per heavy atom. The number of pyridine rings is 1. The molecule has 5 amide bonds. The second-order valence-electron chi connectivity index (χ2n) is 23.3. The first-order chi connectivity index (χ1) is 43.1. The number of amides is 5. The lowest BCUT2D eigenvalue weighted by molar-refractivity contribution is -0.142. The van der Waals surface area contributed by atoms with E-state index in [1.165, 1.54) is 15.4 Å². The van der Waals surface area contributed by atoms with Gasteiger partial charge in [0.1, 0.15) is 24.2 Å². The maximum Gasteiger partial charge on any atom is 0.291 e. The van der Waals surface area contributed by atoms with Gasteiger partial charge in [-0.2, -0.15) is 15.3 Å². The van der Waals surface area contributed by atoms with E-state index in [1.54, 1.807) is 53.5 Å². The third-order valence-corrected chi connectivity index (χ3v) is 18.2. The minimum absolute atomic E-state index is 0.0233. The van der Waals surface area contributed by atoms with Crippen molar-refractivity contribution in [2.24, 2.45) is 11.8 Å². The van der Waals surface area contributed by atoms with Crippen LogP contribution in [0.15, 0.2) is 116 Å². The van der Waals surface area contributed by atoms with Crippen molar-refractivity contribution < 1.29 is 28.7 Å². The van der Waals surface area contributed by atoms with Crippen molar-refractivity contribution >= 4 is 68.4 Å². The molecular weight excluding hydrogens is 1170 g/mol. The quantitative estimate of drug-likeness (QED) is 0.0452. The van der Waals surface area contributed by atoms with E-state index in [9.17, 15) is 24.0 Å². The summed E-state index contributed by atoms with van der Waals surface area (Å²) < 4.78 is 10.5. The maximum absolute atomic E-state index is 13.1. The summed E-state index contributed by atoms with van der Waals surface area (Å²) in [7, 11) is 1.64. The molecule has 3 aliphatic heterocycles. The number of thiophene rings is 1. The fourth-order valence-corrected chi connectivity index (χ4v) is 13.5. The van der Waals surface area contributed by atoms with Crippen LogP contribution in [-0.2, 0) is 53.5 Å². The number of hydrogen-bond acceptors (Lipinski definition) is 16. The Kier molecular flexibility index (Phi) is 16.4. The van der Waals surface area contributed by atoms with Crippen LogP contribution < -0.4 is 20.3 Å². The first-order valence-electron chi connectivity index (χ1n) is 29.6. The highest BCUT2D eigenvalue weighted by Gasteiger charge is 2.58. The van der Waals surface area contributed by atoms with Crippen LogP contribution in [0.2, 0.25) is 5.02 Å². The molecule has 3 aromatic carbocycles. The number of fused-ring (bicyclic) bond motifs is 3. The molecule has 2 unspecified atom stereocenters. The molecule has 0 radical (unpaired) electrons. The molecule has 13 rings (SSSR count). The molecule has 89 heavy (non-hydrogen) atoms. The number of nitrogens with one attached hydrogen (secondary N) is 3. The molecule has 1 aliphatic carbocycles. The van der Waals surface area contributed by atoms with Gasteiger partial charge in [0.15, 0.2) is 5.69 Å². The van der Waals surface area contributed by atoms with Gasteiger partial charge in [-0.1, -0.05) is 47.7 Å². The van der Waals surface area contributed by atoms with Crippen LogP contribution in [-0.4, -0.2) is 146 Å². The molecule has 452 valence electrons. The minimum atomic E-state index is -0.913. The third-order valence-electron chi connectivity index (χ3n) is 16.8. The van der Waals surface area contributed by atoms with Crippen LogP contribution in [0.4, 0.5) is 5.69 Å². The number of para-hydroxylation sites is 2. The zero-order chi connectivity index (χ0) is 61.4. The lowest BCUT2D eigenvalue weighted by Crippen LogP contribution is -2.55. The Labute approximate surface area is 521 Å². The summed E-state index contributed by atoms with van der Waals surface area (Å²) in [6.07, 6.45) is 11.1. The fraction of sp³-hybridized carbons (Fsp3) is 0.323. The smallest absolute Gasteiger partial charge is 0.291 e. The molecule has 24 heteroatoms. The van der Waals surface area contributed by atoms with Gasteiger partial charge in [0.25, 0.3) is 17.7 Å². The SMILES string of the molecule is Cc1cc(Cl)cc(-c2ccnc3cc(CN4C(=O)C5CC5C4=O)sc23)c1CN1[C@@H](C)CN(Cc2cnn(CCCNC(=O)c3ccc(Cn4cc(C#Cc5ccc(Cc6nc(C(=O)N[C@@H]7COc8ccccc8N(C)C7=O)n[nH]6)cc5)cn4)nn3)c2)C[C@@H]1C. The number of rotatable bonds is 18. The Balaban J connectivity index is 0.535. The lowest BCUT2D eigenvalue weighted by atomic mass is 9.94. The number of halogens is 1. The predicted molar refractivity (Wildman–Crippen MR) is 332 cm³/mol. The van der Waals surface area contributed by atoms with Crippen molar-refractivity contribution in [2.75, 3.05) is 38.2 Å². The number of hydrogen-bond donors (Lipinski definition) is 3. The van der Waals surface area contributed by atoms with Crippen LogP contribution in [0.25, 0.3) is 21.3 Å². The number of carbonyl (C=O) groups excluding carboxylic acids is 5. The van der Waals surface area contributed by atoms with Gasteiger partial charge in [0, 0.05) is 110 Å². The summed E-state index contributed by atoms with van der Waals surface area (Å²) in [5.41, 5.74) is 10.3. The van der Waals surface area contributed by atoms with Crippen LogP contribution in [0.1, 0.15) is 97.6 Å². The van der Waals surface area contributed by atoms with Crippen molar-refractivity contribution in [1.29, 1.82) is 0 Å². The molecule has 9 heterocycles. The highest BCUT2D eigenvalue weighted by molar-refractivity contribution is 7.19. The van der Waals surface area contributed by atoms with Crippen molar-refractivity contribution in [2.45, 2.75) is 90.9 Å². The number of aromatic amines is 1. The number of piperazine rings is 1. The maximum atomic E-state index is 13.1. The number of likely N-dealkylation sites (tertiary alicyclic amines) is 1. The van der Waals surface area contributed by atoms with Gasteiger partial charge >= 0.3 is 0 Å². The molecule has 0 spiro atoms. The largest absolute Gasteiger partial charge is 0.489 e. The summed E-state index contributed by atoms with van der Waals surface area (Å²) >= 11 is 8.37. The molecule has 22 nitrogen and oxygen atoms in total. The highest BCUT2D eigenvalue weighted by Crippen LogP contribution is 2.48. The number of likely N-dealkylation sites (N-methyl/N-ethyl adjacent to an activating group) is 1. The van der Waals surface area contributed by atoms with Crippen LogP contribution in [0.3, 0.4) is 0 Å². The van der Waals surface area contributed by atoms with E-state index in [0.717, 1.165) is 74.7 Å². The van der Waals surface area contributed by atoms with Crippen LogP contribution in [0, 0.1) is 30.6 Å². The van der Waals surface area contributed by atoms with Gasteiger partial charge in [-0.05, 0) is 117 Å². The molecule has 3 N–H and O–H groups in total. The zero-order valence-corrected chi connectivity index (χ0v) is 51.0. The summed E-state index contributed by atoms with van der Waals surface area (Å²) in [4.78, 5) is 82.7. The van der Waals surface area contributed by atoms with Crippen LogP contribution in [0.5, 0.6) is 5.75 Å². The molecule has 2 saturated heterocycles. The number of ether oxygens (including phenoxy) is 1. The average molecular weight is 1230 g/mol. The van der Waals surface area contributed by atoms with E-state index in [0.29, 0.717) is 72.4 Å². The summed E-state index contributed by atoms with van der Waals surface area (Å²) in [5, 5.41) is 30.8. The molecule has 4 aliphatic rings. The number of aryl methyl sites for hydroxylation is 2. The van der Waals surface area contributed by atoms with Crippen molar-refractivity contribution in [3.05, 3.63) is 182 Å². The Hall–Kier alpha value is -9.47. The molecule has 3 fully saturated rings. The molecule has 0 bridgehead atoms. The predicted octanol–water partition coefficient (Wildman–Crippen LogP) is 6.84. The van der Waals surface area contributed by atoms with E-state index in [1.807, 2.05) is 77.9 Å². The highest BCUT2D eigenvalue weighted by atomic mass is 35.5.